The van der Waals surface area contributed by atoms with E-state index in [1.165, 1.54) is 0 Å². The molecule has 4 aromatic rings. The number of hydrogen-bond donors (Lipinski definition) is 6. The summed E-state index contributed by atoms with van der Waals surface area (Å²) in [7, 11) is 0. The highest BCUT2D eigenvalue weighted by Crippen LogP contribution is 2.30. The quantitative estimate of drug-likeness (QED) is 0.103. The molecule has 4 rings (SSSR count). The Bertz CT molecular complexity index is 1400. The van der Waals surface area contributed by atoms with Gasteiger partial charge in [-0.15, -0.1) is 0 Å². The Kier molecular flexibility index (Phi) is 12.7. The highest BCUT2D eigenvalue weighted by atomic mass is 79.9. The summed E-state index contributed by atoms with van der Waals surface area (Å²) in [6.45, 7) is 4.08. The molecule has 0 unspecified atom stereocenters. The summed E-state index contributed by atoms with van der Waals surface area (Å²) in [6.07, 6.45) is 3.40. The Morgan fingerprint density at radius 1 is 0.548 bits per heavy atom. The van der Waals surface area contributed by atoms with Crippen LogP contribution in [0.4, 0.5) is 32.3 Å². The van der Waals surface area contributed by atoms with Gasteiger partial charge in [-0.05, 0) is 92.2 Å². The van der Waals surface area contributed by atoms with Gasteiger partial charge in [0.25, 0.3) is 0 Å². The molecular weight excluding hydrogens is 664 g/mol. The Balaban J connectivity index is 0.000000230. The van der Waals surface area contributed by atoms with E-state index < -0.39 is 12.1 Å². The zero-order valence-electron chi connectivity index (χ0n) is 23.4. The highest BCUT2D eigenvalue weighted by molar-refractivity contribution is 9.11. The van der Waals surface area contributed by atoms with Crippen LogP contribution in [0.15, 0.2) is 93.9 Å². The van der Waals surface area contributed by atoms with E-state index in [4.69, 9.17) is 0 Å². The number of hydrogen-bond acceptors (Lipinski definition) is 4. The van der Waals surface area contributed by atoms with Crippen molar-refractivity contribution in [3.05, 3.63) is 105 Å². The average Bonchev–Trinajstić information content (AvgIpc) is 2.96. The monoisotopic (exact) mass is 696 g/mol. The standard InChI is InChI=1S/2C16H17BrN2O2/c2*1-2-6-11-7-5-10-14(15(11)20)19-16(21)18-13-9-4-3-8-12(13)17/h2*3-5,7-10,20H,2,6H2,1H3,(H2,18,19,21). The number of rotatable bonds is 8. The Hall–Kier alpha value is -4.02. The first-order chi connectivity index (χ1) is 20.2. The minimum Gasteiger partial charge on any atom is -0.505 e. The maximum atomic E-state index is 12.0. The predicted octanol–water partition coefficient (Wildman–Crippen LogP) is 9.50. The van der Waals surface area contributed by atoms with E-state index in [9.17, 15) is 19.8 Å². The molecule has 8 nitrogen and oxygen atoms in total. The molecule has 0 spiro atoms. The molecule has 10 heteroatoms. The van der Waals surface area contributed by atoms with Gasteiger partial charge in [0.15, 0.2) is 0 Å². The van der Waals surface area contributed by atoms with Gasteiger partial charge in [-0.3, -0.25) is 0 Å². The van der Waals surface area contributed by atoms with Crippen LogP contribution in [0.2, 0.25) is 0 Å². The van der Waals surface area contributed by atoms with Crippen LogP contribution in [-0.4, -0.2) is 22.3 Å². The Morgan fingerprint density at radius 3 is 1.24 bits per heavy atom. The van der Waals surface area contributed by atoms with Crippen LogP contribution in [0, 0.1) is 0 Å². The first-order valence-electron chi connectivity index (χ1n) is 13.5. The van der Waals surface area contributed by atoms with Crippen molar-refractivity contribution in [1.29, 1.82) is 0 Å². The van der Waals surface area contributed by atoms with Crippen LogP contribution in [0.5, 0.6) is 11.5 Å². The zero-order chi connectivity index (χ0) is 30.5. The number of carbonyl (C=O) groups is 2. The number of aromatic hydroxyl groups is 2. The molecule has 0 heterocycles. The molecule has 220 valence electrons. The number of amides is 4. The number of nitrogens with one attached hydrogen (secondary N) is 4. The van der Waals surface area contributed by atoms with Gasteiger partial charge in [-0.25, -0.2) is 9.59 Å². The van der Waals surface area contributed by atoms with Gasteiger partial charge in [0.2, 0.25) is 0 Å². The molecule has 4 amide bonds. The van der Waals surface area contributed by atoms with Crippen LogP contribution >= 0.6 is 31.9 Å². The second-order valence-electron chi connectivity index (χ2n) is 9.24. The lowest BCUT2D eigenvalue weighted by Gasteiger charge is -2.12. The third kappa shape index (κ3) is 9.53. The maximum absolute atomic E-state index is 12.0. The van der Waals surface area contributed by atoms with Crippen molar-refractivity contribution in [1.82, 2.24) is 0 Å². The number of halogens is 2. The zero-order valence-corrected chi connectivity index (χ0v) is 26.6. The summed E-state index contributed by atoms with van der Waals surface area (Å²) in [5, 5.41) is 31.1. The molecular formula is C32H34Br2N4O4. The van der Waals surface area contributed by atoms with Crippen LogP contribution in [0.1, 0.15) is 37.8 Å². The summed E-state index contributed by atoms with van der Waals surface area (Å²) in [6, 6.07) is 24.6. The summed E-state index contributed by atoms with van der Waals surface area (Å²) >= 11 is 6.73. The fourth-order valence-electron chi connectivity index (χ4n) is 4.00. The normalized spacial score (nSPS) is 10.2. The van der Waals surface area contributed by atoms with Crippen molar-refractivity contribution < 1.29 is 19.8 Å². The smallest absolute Gasteiger partial charge is 0.323 e. The highest BCUT2D eigenvalue weighted by Gasteiger charge is 2.12. The fraction of sp³-hybridized carbons (Fsp3) is 0.188. The Morgan fingerprint density at radius 2 is 0.881 bits per heavy atom. The predicted molar refractivity (Wildman–Crippen MR) is 178 cm³/mol. The topological polar surface area (TPSA) is 123 Å². The van der Waals surface area contributed by atoms with Gasteiger partial charge in [0, 0.05) is 8.95 Å². The number of phenolic OH excluding ortho intramolecular Hbond substituents is 2. The average molecular weight is 698 g/mol. The number of para-hydroxylation sites is 4. The summed E-state index contributed by atoms with van der Waals surface area (Å²) < 4.78 is 1.59. The minimum atomic E-state index is -0.397. The molecule has 42 heavy (non-hydrogen) atoms. The molecule has 4 aromatic carbocycles. The van der Waals surface area contributed by atoms with Crippen molar-refractivity contribution >= 4 is 66.7 Å². The van der Waals surface area contributed by atoms with Crippen molar-refractivity contribution in [3.8, 4) is 11.5 Å². The number of aryl methyl sites for hydroxylation is 2. The van der Waals surface area contributed by atoms with Crippen molar-refractivity contribution in [2.75, 3.05) is 21.3 Å². The van der Waals surface area contributed by atoms with Crippen molar-refractivity contribution in [3.63, 3.8) is 0 Å². The van der Waals surface area contributed by atoms with Crippen LogP contribution in [-0.2, 0) is 12.8 Å². The SMILES string of the molecule is CCCc1cccc(NC(=O)Nc2ccccc2Br)c1O.CCCc1cccc(NC(=O)Nc2ccccc2Br)c1O. The number of phenols is 2. The molecule has 0 saturated heterocycles. The van der Waals surface area contributed by atoms with E-state index in [0.29, 0.717) is 22.7 Å². The van der Waals surface area contributed by atoms with E-state index in [0.717, 1.165) is 45.8 Å². The molecule has 0 aliphatic rings. The molecule has 0 fully saturated rings. The van der Waals surface area contributed by atoms with Crippen molar-refractivity contribution in [2.24, 2.45) is 0 Å². The second-order valence-corrected chi connectivity index (χ2v) is 11.0. The Labute approximate surface area is 262 Å². The molecule has 0 bridgehead atoms. The van der Waals surface area contributed by atoms with Gasteiger partial charge < -0.3 is 31.5 Å². The third-order valence-corrected chi connectivity index (χ3v) is 7.40. The van der Waals surface area contributed by atoms with Gasteiger partial charge in [-0.2, -0.15) is 0 Å². The van der Waals surface area contributed by atoms with Crippen LogP contribution in [0.3, 0.4) is 0 Å². The van der Waals surface area contributed by atoms with Crippen LogP contribution < -0.4 is 21.3 Å². The number of carbonyl (C=O) groups excluding carboxylic acids is 2. The summed E-state index contributed by atoms with van der Waals surface area (Å²) in [4.78, 5) is 24.0. The van der Waals surface area contributed by atoms with E-state index in [-0.39, 0.29) is 11.5 Å². The molecule has 0 aliphatic heterocycles. The van der Waals surface area contributed by atoms with Gasteiger partial charge in [0.05, 0.1) is 22.7 Å². The summed E-state index contributed by atoms with van der Waals surface area (Å²) in [5.41, 5.74) is 3.81. The first kappa shape index (κ1) is 32.5. The van der Waals surface area contributed by atoms with E-state index in [1.54, 1.807) is 24.3 Å². The lowest BCUT2D eigenvalue weighted by Crippen LogP contribution is -2.19. The van der Waals surface area contributed by atoms with Crippen LogP contribution in [0.25, 0.3) is 0 Å². The molecule has 0 aliphatic carbocycles. The van der Waals surface area contributed by atoms with Gasteiger partial charge in [0.1, 0.15) is 11.5 Å². The minimum absolute atomic E-state index is 0.127. The number of urea groups is 2. The second kappa shape index (κ2) is 16.4. The maximum Gasteiger partial charge on any atom is 0.323 e. The lowest BCUT2D eigenvalue weighted by molar-refractivity contribution is 0.261. The first-order valence-corrected chi connectivity index (χ1v) is 15.1. The van der Waals surface area contributed by atoms with E-state index >= 15 is 0 Å². The molecule has 0 saturated carbocycles. The third-order valence-electron chi connectivity index (χ3n) is 6.02. The van der Waals surface area contributed by atoms with Gasteiger partial charge in [-0.1, -0.05) is 75.2 Å². The van der Waals surface area contributed by atoms with Gasteiger partial charge >= 0.3 is 12.1 Å². The molecule has 0 aromatic heterocycles. The van der Waals surface area contributed by atoms with E-state index in [1.807, 2.05) is 74.5 Å². The lowest BCUT2D eigenvalue weighted by atomic mass is 10.1. The summed E-state index contributed by atoms with van der Waals surface area (Å²) in [5.74, 6) is 0.253. The van der Waals surface area contributed by atoms with E-state index in [2.05, 4.69) is 53.1 Å². The fourth-order valence-corrected chi connectivity index (χ4v) is 4.77. The molecule has 0 atom stereocenters. The number of benzene rings is 4. The molecule has 6 N–H and O–H groups in total. The van der Waals surface area contributed by atoms with Crippen molar-refractivity contribution in [2.45, 2.75) is 39.5 Å². The molecule has 0 radical (unpaired) electrons. The number of anilines is 4. The largest absolute Gasteiger partial charge is 0.505 e.